The molecule has 2 aromatic rings. The molecule has 1 N–H and O–H groups in total. The van der Waals surface area contributed by atoms with Crippen LogP contribution < -0.4 is 5.32 Å². The molecule has 0 spiro atoms. The Morgan fingerprint density at radius 1 is 1.09 bits per heavy atom. The van der Waals surface area contributed by atoms with Gasteiger partial charge in [-0.3, -0.25) is 9.59 Å². The minimum Gasteiger partial charge on any atom is -0.469 e. The van der Waals surface area contributed by atoms with Crippen molar-refractivity contribution in [3.05, 3.63) is 64.9 Å². The molecule has 1 amide bonds. The van der Waals surface area contributed by atoms with E-state index in [-0.39, 0.29) is 40.8 Å². The Morgan fingerprint density at radius 2 is 1.72 bits per heavy atom. The van der Waals surface area contributed by atoms with E-state index in [0.29, 0.717) is 0 Å². The number of hydrogen-bond donors (Lipinski definition) is 1. The molecule has 0 radical (unpaired) electrons. The third-order valence-electron chi connectivity index (χ3n) is 4.48. The lowest BCUT2D eigenvalue weighted by molar-refractivity contribution is -0.142. The maximum atomic E-state index is 12.2. The summed E-state index contributed by atoms with van der Waals surface area (Å²) in [5.74, 6) is -1.39. The summed E-state index contributed by atoms with van der Waals surface area (Å²) in [5, 5.41) is 2.61. The Balaban J connectivity index is 0.000000616. The highest BCUT2D eigenvalue weighted by molar-refractivity contribution is 6.33. The fourth-order valence-electron chi connectivity index (χ4n) is 2.75. The molecule has 176 valence electrons. The van der Waals surface area contributed by atoms with Gasteiger partial charge in [-0.2, -0.15) is 13.2 Å². The van der Waals surface area contributed by atoms with Crippen LogP contribution in [0.5, 0.6) is 0 Å². The molecule has 2 aromatic carbocycles. The number of anilines is 1. The van der Waals surface area contributed by atoms with E-state index in [2.05, 4.69) is 5.32 Å². The van der Waals surface area contributed by atoms with Crippen molar-refractivity contribution in [3.8, 4) is 0 Å². The number of rotatable bonds is 7. The topological polar surface area (TPSA) is 55.4 Å². The summed E-state index contributed by atoms with van der Waals surface area (Å²) in [6.45, 7) is 3.87. The Morgan fingerprint density at radius 3 is 2.19 bits per heavy atom. The number of carbonyl (C=O) groups excluding carboxylic acids is 2. The first-order chi connectivity index (χ1) is 14.9. The molecule has 0 bridgehead atoms. The van der Waals surface area contributed by atoms with Crippen LogP contribution in [0.15, 0.2) is 48.5 Å². The van der Waals surface area contributed by atoms with E-state index >= 15 is 0 Å². The highest BCUT2D eigenvalue weighted by atomic mass is 35.5. The molecule has 0 aliphatic heterocycles. The van der Waals surface area contributed by atoms with Crippen molar-refractivity contribution in [3.63, 3.8) is 0 Å². The van der Waals surface area contributed by atoms with Crippen molar-refractivity contribution in [2.45, 2.75) is 45.2 Å². The third kappa shape index (κ3) is 10.6. The van der Waals surface area contributed by atoms with E-state index < -0.39 is 24.9 Å². The fourth-order valence-corrected chi connectivity index (χ4v) is 2.92. The fraction of sp³-hybridized carbons (Fsp3) is 0.391. The highest BCUT2D eigenvalue weighted by Crippen LogP contribution is 2.33. The molecule has 1 atom stereocenters. The molecule has 4 nitrogen and oxygen atoms in total. The Kier molecular flexibility index (Phi) is 11.2. The Hall–Kier alpha value is -2.61. The first-order valence-corrected chi connectivity index (χ1v) is 10.2. The van der Waals surface area contributed by atoms with Crippen LogP contribution in [-0.2, 0) is 14.3 Å². The van der Waals surface area contributed by atoms with Gasteiger partial charge >= 0.3 is 12.1 Å². The number of halogens is 5. The normalized spacial score (nSPS) is 11.9. The number of alkyl halides is 3. The van der Waals surface area contributed by atoms with Crippen LogP contribution in [0.3, 0.4) is 0 Å². The number of nitrogens with one attached hydrogen (secondary N) is 1. The van der Waals surface area contributed by atoms with Crippen LogP contribution in [0.1, 0.15) is 44.6 Å². The molecule has 1 unspecified atom stereocenters. The average Bonchev–Trinajstić information content (AvgIpc) is 2.72. The predicted octanol–water partition coefficient (Wildman–Crippen LogP) is 6.75. The molecule has 0 aromatic heterocycles. The SMILES string of the molecule is COC(=O)CC(c1ccc(Cl)c(NC(=O)CCC(F)(F)F)c1)C(C)C.Fc1ccccc1. The molecule has 0 aliphatic carbocycles. The van der Waals surface area contributed by atoms with Gasteiger partial charge in [0.05, 0.1) is 30.7 Å². The minimum atomic E-state index is -4.40. The maximum absolute atomic E-state index is 12.2. The molecule has 32 heavy (non-hydrogen) atoms. The summed E-state index contributed by atoms with van der Waals surface area (Å²) in [7, 11) is 1.30. The van der Waals surface area contributed by atoms with Gasteiger partial charge < -0.3 is 10.1 Å². The summed E-state index contributed by atoms with van der Waals surface area (Å²) in [5.41, 5.74) is 0.970. The van der Waals surface area contributed by atoms with Crippen LogP contribution in [0.2, 0.25) is 5.02 Å². The molecule has 0 saturated heterocycles. The van der Waals surface area contributed by atoms with Crippen LogP contribution in [0.4, 0.5) is 23.2 Å². The van der Waals surface area contributed by atoms with Crippen molar-refractivity contribution in [1.82, 2.24) is 0 Å². The van der Waals surface area contributed by atoms with Gasteiger partial charge in [0.25, 0.3) is 0 Å². The summed E-state index contributed by atoms with van der Waals surface area (Å²) in [4.78, 5) is 23.3. The van der Waals surface area contributed by atoms with Crippen molar-refractivity contribution >= 4 is 29.2 Å². The van der Waals surface area contributed by atoms with Crippen molar-refractivity contribution < 1.29 is 31.9 Å². The zero-order valence-electron chi connectivity index (χ0n) is 18.0. The van der Waals surface area contributed by atoms with Gasteiger partial charge in [0.15, 0.2) is 0 Å². The van der Waals surface area contributed by atoms with Gasteiger partial charge in [0.2, 0.25) is 5.91 Å². The van der Waals surface area contributed by atoms with E-state index in [4.69, 9.17) is 16.3 Å². The quantitative estimate of drug-likeness (QED) is 0.356. The van der Waals surface area contributed by atoms with Crippen LogP contribution >= 0.6 is 11.6 Å². The maximum Gasteiger partial charge on any atom is 0.389 e. The molecule has 0 saturated carbocycles. The lowest BCUT2D eigenvalue weighted by Crippen LogP contribution is -2.17. The zero-order chi connectivity index (χ0) is 24.3. The number of amides is 1. The average molecular weight is 476 g/mol. The number of esters is 1. The van der Waals surface area contributed by atoms with Crippen molar-refractivity contribution in [2.75, 3.05) is 12.4 Å². The zero-order valence-corrected chi connectivity index (χ0v) is 18.8. The van der Waals surface area contributed by atoms with Gasteiger partial charge in [0.1, 0.15) is 5.82 Å². The summed E-state index contributed by atoms with van der Waals surface area (Å²) < 4.78 is 53.2. The van der Waals surface area contributed by atoms with Gasteiger partial charge in [-0.1, -0.05) is 49.7 Å². The first-order valence-electron chi connectivity index (χ1n) is 9.86. The monoisotopic (exact) mass is 475 g/mol. The smallest absolute Gasteiger partial charge is 0.389 e. The molecule has 9 heteroatoms. The van der Waals surface area contributed by atoms with Gasteiger partial charge in [-0.15, -0.1) is 0 Å². The lowest BCUT2D eigenvalue weighted by Gasteiger charge is -2.21. The first kappa shape index (κ1) is 27.4. The van der Waals surface area contributed by atoms with Crippen molar-refractivity contribution in [2.24, 2.45) is 5.92 Å². The van der Waals surface area contributed by atoms with E-state index in [1.54, 1.807) is 36.4 Å². The van der Waals surface area contributed by atoms with E-state index in [0.717, 1.165) is 5.56 Å². The summed E-state index contributed by atoms with van der Waals surface area (Å²) in [6.07, 6.45) is -6.13. The molecule has 0 aliphatic rings. The number of benzene rings is 2. The summed E-state index contributed by atoms with van der Waals surface area (Å²) >= 11 is 6.02. The van der Waals surface area contributed by atoms with Crippen LogP contribution in [-0.4, -0.2) is 25.2 Å². The highest BCUT2D eigenvalue weighted by Gasteiger charge is 2.28. The predicted molar refractivity (Wildman–Crippen MR) is 116 cm³/mol. The molecule has 0 fully saturated rings. The van der Waals surface area contributed by atoms with Gasteiger partial charge in [0, 0.05) is 6.42 Å². The number of methoxy groups -OCH3 is 1. The second kappa shape index (κ2) is 13.1. The standard InChI is InChI=1S/C17H21ClF3NO3.C6H5F/c1-10(2)12(9-16(24)25-3)11-4-5-13(18)14(8-11)22-15(23)6-7-17(19,20)21;7-6-4-2-1-3-5-6/h4-5,8,10,12H,6-7,9H2,1-3H3,(H,22,23);1-5H. The molecule has 0 heterocycles. The Bertz CT molecular complexity index is 873. The van der Waals surface area contributed by atoms with Gasteiger partial charge in [-0.05, 0) is 41.7 Å². The van der Waals surface area contributed by atoms with Crippen LogP contribution in [0, 0.1) is 11.7 Å². The summed E-state index contributed by atoms with van der Waals surface area (Å²) in [6, 6.07) is 12.8. The molecule has 2 rings (SSSR count). The van der Waals surface area contributed by atoms with Gasteiger partial charge in [-0.25, -0.2) is 4.39 Å². The number of carbonyl (C=O) groups is 2. The third-order valence-corrected chi connectivity index (χ3v) is 4.81. The van der Waals surface area contributed by atoms with E-state index in [9.17, 15) is 27.2 Å². The van der Waals surface area contributed by atoms with Crippen molar-refractivity contribution in [1.29, 1.82) is 0 Å². The van der Waals surface area contributed by atoms with E-state index in [1.807, 2.05) is 13.8 Å². The Labute approximate surface area is 189 Å². The molecular formula is C23H26ClF4NO3. The number of ether oxygens (including phenoxy) is 1. The number of hydrogen-bond acceptors (Lipinski definition) is 3. The second-order valence-corrected chi connectivity index (χ2v) is 7.74. The van der Waals surface area contributed by atoms with Crippen LogP contribution in [0.25, 0.3) is 0 Å². The lowest BCUT2D eigenvalue weighted by atomic mass is 9.85. The molecular weight excluding hydrogens is 450 g/mol. The second-order valence-electron chi connectivity index (χ2n) is 7.33. The largest absolute Gasteiger partial charge is 0.469 e. The minimum absolute atomic E-state index is 0.106. The van der Waals surface area contributed by atoms with E-state index in [1.165, 1.54) is 19.2 Å².